The molecule has 0 aliphatic rings. The fourth-order valence-electron chi connectivity index (χ4n) is 3.24. The van der Waals surface area contributed by atoms with E-state index in [9.17, 15) is 27.6 Å². The third kappa shape index (κ3) is 4.58. The van der Waals surface area contributed by atoms with E-state index in [-0.39, 0.29) is 17.5 Å². The highest BCUT2D eigenvalue weighted by atomic mass is 19.4. The van der Waals surface area contributed by atoms with Crippen molar-refractivity contribution in [3.05, 3.63) is 70.1 Å². The Balaban J connectivity index is 1.93. The summed E-state index contributed by atoms with van der Waals surface area (Å²) in [4.78, 5) is 36.9. The molecule has 2 aromatic carbocycles. The molecule has 0 radical (unpaired) electrons. The van der Waals surface area contributed by atoms with Crippen molar-refractivity contribution in [1.29, 1.82) is 0 Å². The SMILES string of the molecule is COc1ccc2c(=O)n(C(C)C(N)=O)ccc2c1NC(=O)Cc1ccc(C(F)(F)F)cc1. The van der Waals surface area contributed by atoms with E-state index in [0.717, 1.165) is 12.1 Å². The molecule has 1 unspecified atom stereocenters. The Morgan fingerprint density at radius 1 is 1.09 bits per heavy atom. The number of methoxy groups -OCH3 is 1. The number of ether oxygens (including phenoxy) is 1. The number of nitrogens with one attached hydrogen (secondary N) is 1. The van der Waals surface area contributed by atoms with Crippen molar-refractivity contribution in [3.63, 3.8) is 0 Å². The maximum absolute atomic E-state index is 12.8. The molecule has 7 nitrogen and oxygen atoms in total. The molecule has 10 heteroatoms. The van der Waals surface area contributed by atoms with Crippen LogP contribution in [0.5, 0.6) is 5.75 Å². The number of nitrogens with zero attached hydrogens (tertiary/aromatic N) is 1. The third-order valence-corrected chi connectivity index (χ3v) is 5.03. The zero-order valence-electron chi connectivity index (χ0n) is 17.2. The van der Waals surface area contributed by atoms with Gasteiger partial charge in [0, 0.05) is 17.0 Å². The molecule has 168 valence electrons. The molecular formula is C22H20F3N3O4. The summed E-state index contributed by atoms with van der Waals surface area (Å²) in [6.45, 7) is 1.49. The van der Waals surface area contributed by atoms with Gasteiger partial charge in [0.05, 0.1) is 24.8 Å². The van der Waals surface area contributed by atoms with Crippen molar-refractivity contribution in [1.82, 2.24) is 4.57 Å². The highest BCUT2D eigenvalue weighted by Gasteiger charge is 2.30. The highest BCUT2D eigenvalue weighted by Crippen LogP contribution is 2.33. The van der Waals surface area contributed by atoms with E-state index in [4.69, 9.17) is 10.5 Å². The van der Waals surface area contributed by atoms with E-state index in [0.29, 0.717) is 16.7 Å². The average Bonchev–Trinajstić information content (AvgIpc) is 2.73. The topological polar surface area (TPSA) is 103 Å². The monoisotopic (exact) mass is 447 g/mol. The predicted octanol–water partition coefficient (Wildman–Crippen LogP) is 3.26. The molecule has 1 aromatic heterocycles. The zero-order chi connectivity index (χ0) is 23.6. The highest BCUT2D eigenvalue weighted by molar-refractivity contribution is 6.05. The van der Waals surface area contributed by atoms with Gasteiger partial charge in [0.15, 0.2) is 0 Å². The lowest BCUT2D eigenvalue weighted by Gasteiger charge is -2.16. The van der Waals surface area contributed by atoms with Gasteiger partial charge in [0.2, 0.25) is 11.8 Å². The largest absolute Gasteiger partial charge is 0.495 e. The number of amides is 2. The van der Waals surface area contributed by atoms with Gasteiger partial charge in [-0.3, -0.25) is 14.4 Å². The lowest BCUT2D eigenvalue weighted by atomic mass is 10.1. The molecule has 3 N–H and O–H groups in total. The van der Waals surface area contributed by atoms with Crippen LogP contribution < -0.4 is 21.3 Å². The van der Waals surface area contributed by atoms with Crippen molar-refractivity contribution in [3.8, 4) is 5.75 Å². The summed E-state index contributed by atoms with van der Waals surface area (Å²) in [6, 6.07) is 7.95. The quantitative estimate of drug-likeness (QED) is 0.605. The van der Waals surface area contributed by atoms with Crippen molar-refractivity contribution in [2.45, 2.75) is 25.6 Å². The van der Waals surface area contributed by atoms with E-state index >= 15 is 0 Å². The molecule has 1 heterocycles. The van der Waals surface area contributed by atoms with Crippen LogP contribution in [0.3, 0.4) is 0 Å². The normalized spacial score (nSPS) is 12.4. The molecule has 0 spiro atoms. The number of nitrogens with two attached hydrogens (primary N) is 1. The van der Waals surface area contributed by atoms with E-state index in [1.165, 1.54) is 49.1 Å². The Kier molecular flexibility index (Phi) is 6.24. The number of carbonyl (C=O) groups is 2. The summed E-state index contributed by atoms with van der Waals surface area (Å²) < 4.78 is 44.6. The summed E-state index contributed by atoms with van der Waals surface area (Å²) in [7, 11) is 1.39. The number of benzene rings is 2. The van der Waals surface area contributed by atoms with Gasteiger partial charge in [0.1, 0.15) is 11.8 Å². The standard InChI is InChI=1S/C22H20F3N3O4/c1-12(20(26)30)28-10-9-15-16(21(28)31)7-8-17(32-2)19(15)27-18(29)11-13-3-5-14(6-4-13)22(23,24)25/h3-10,12H,11H2,1-2H3,(H2,26,30)(H,27,29). The fraction of sp³-hybridized carbons (Fsp3) is 0.227. The molecule has 0 aliphatic carbocycles. The molecule has 0 aliphatic heterocycles. The van der Waals surface area contributed by atoms with E-state index in [2.05, 4.69) is 5.32 Å². The van der Waals surface area contributed by atoms with Crippen LogP contribution in [-0.4, -0.2) is 23.5 Å². The minimum absolute atomic E-state index is 0.187. The summed E-state index contributed by atoms with van der Waals surface area (Å²) in [6.07, 6.45) is -3.26. The van der Waals surface area contributed by atoms with Crippen LogP contribution >= 0.6 is 0 Å². The second kappa shape index (κ2) is 8.74. The second-order valence-electron chi connectivity index (χ2n) is 7.13. The fourth-order valence-corrected chi connectivity index (χ4v) is 3.24. The predicted molar refractivity (Wildman–Crippen MR) is 112 cm³/mol. The Morgan fingerprint density at radius 3 is 2.31 bits per heavy atom. The number of carbonyl (C=O) groups excluding carboxylic acids is 2. The number of alkyl halides is 3. The Morgan fingerprint density at radius 2 is 1.75 bits per heavy atom. The number of pyridine rings is 1. The summed E-state index contributed by atoms with van der Waals surface area (Å²) in [5, 5.41) is 3.28. The molecule has 0 bridgehead atoms. The average molecular weight is 447 g/mol. The van der Waals surface area contributed by atoms with Gasteiger partial charge in [-0.2, -0.15) is 13.2 Å². The lowest BCUT2D eigenvalue weighted by molar-refractivity contribution is -0.137. The van der Waals surface area contributed by atoms with E-state index < -0.39 is 35.2 Å². The second-order valence-corrected chi connectivity index (χ2v) is 7.13. The minimum Gasteiger partial charge on any atom is -0.495 e. The van der Waals surface area contributed by atoms with Gasteiger partial charge in [-0.15, -0.1) is 0 Å². The first-order valence-corrected chi connectivity index (χ1v) is 9.50. The van der Waals surface area contributed by atoms with Crippen molar-refractivity contribution in [2.75, 3.05) is 12.4 Å². The molecule has 3 rings (SSSR count). The summed E-state index contributed by atoms with van der Waals surface area (Å²) in [5.74, 6) is -0.895. The smallest absolute Gasteiger partial charge is 0.416 e. The van der Waals surface area contributed by atoms with Crippen LogP contribution in [0.1, 0.15) is 24.1 Å². The number of halogens is 3. The van der Waals surface area contributed by atoms with Crippen molar-refractivity contribution in [2.24, 2.45) is 5.73 Å². The number of hydrogen-bond donors (Lipinski definition) is 2. The van der Waals surface area contributed by atoms with E-state index in [1.807, 2.05) is 0 Å². The molecule has 3 aromatic rings. The first-order chi connectivity index (χ1) is 15.0. The third-order valence-electron chi connectivity index (χ3n) is 5.03. The Bertz CT molecular complexity index is 1230. The van der Waals surface area contributed by atoms with E-state index in [1.54, 1.807) is 6.07 Å². The lowest BCUT2D eigenvalue weighted by Crippen LogP contribution is -2.31. The number of fused-ring (bicyclic) bond motifs is 1. The molecule has 0 saturated carbocycles. The van der Waals surface area contributed by atoms with Crippen LogP contribution in [0, 0.1) is 0 Å². The molecule has 1 atom stereocenters. The molecule has 32 heavy (non-hydrogen) atoms. The summed E-state index contributed by atoms with van der Waals surface area (Å²) in [5.41, 5.74) is 4.62. The van der Waals surface area contributed by atoms with Gasteiger partial charge < -0.3 is 20.4 Å². The Labute approximate surface area is 180 Å². The maximum atomic E-state index is 12.8. The van der Waals surface area contributed by atoms with Gasteiger partial charge >= 0.3 is 6.18 Å². The molecular weight excluding hydrogens is 427 g/mol. The molecule has 2 amide bonds. The summed E-state index contributed by atoms with van der Waals surface area (Å²) >= 11 is 0. The molecule has 0 fully saturated rings. The number of hydrogen-bond acceptors (Lipinski definition) is 4. The number of anilines is 1. The Hall–Kier alpha value is -3.82. The number of aromatic nitrogens is 1. The zero-order valence-corrected chi connectivity index (χ0v) is 17.2. The van der Waals surface area contributed by atoms with Crippen LogP contribution in [0.15, 0.2) is 53.5 Å². The number of rotatable bonds is 6. The van der Waals surface area contributed by atoms with Crippen molar-refractivity contribution < 1.29 is 27.5 Å². The van der Waals surface area contributed by atoms with Gasteiger partial charge in [0.25, 0.3) is 5.56 Å². The first-order valence-electron chi connectivity index (χ1n) is 9.50. The van der Waals surface area contributed by atoms with Crippen molar-refractivity contribution >= 4 is 28.3 Å². The first kappa shape index (κ1) is 22.9. The van der Waals surface area contributed by atoms with Crippen LogP contribution in [0.25, 0.3) is 10.8 Å². The van der Waals surface area contributed by atoms with Gasteiger partial charge in [-0.1, -0.05) is 12.1 Å². The van der Waals surface area contributed by atoms with Crippen LogP contribution in [-0.2, 0) is 22.2 Å². The number of primary amides is 1. The van der Waals surface area contributed by atoms with Gasteiger partial charge in [-0.05, 0) is 42.8 Å². The van der Waals surface area contributed by atoms with Gasteiger partial charge in [-0.25, -0.2) is 0 Å². The minimum atomic E-state index is -4.46. The maximum Gasteiger partial charge on any atom is 0.416 e. The van der Waals surface area contributed by atoms with Crippen LogP contribution in [0.4, 0.5) is 18.9 Å². The molecule has 0 saturated heterocycles. The van der Waals surface area contributed by atoms with Crippen LogP contribution in [0.2, 0.25) is 0 Å².